The van der Waals surface area contributed by atoms with Gasteiger partial charge in [-0.3, -0.25) is 5.01 Å². The lowest BCUT2D eigenvalue weighted by atomic mass is 10.0. The number of hydrazine groups is 1. The summed E-state index contributed by atoms with van der Waals surface area (Å²) in [7, 11) is 0. The molecule has 0 spiro atoms. The van der Waals surface area contributed by atoms with E-state index in [0.717, 1.165) is 43.6 Å². The zero-order chi connectivity index (χ0) is 24.0. The van der Waals surface area contributed by atoms with Crippen molar-refractivity contribution in [2.45, 2.75) is 37.8 Å². The van der Waals surface area contributed by atoms with Crippen LogP contribution in [0.4, 0.5) is 11.4 Å². The summed E-state index contributed by atoms with van der Waals surface area (Å²) in [4.78, 5) is 13.5. The number of rotatable bonds is 8. The Balaban J connectivity index is 1.27. The maximum Gasteiger partial charge on any atom is 0.335 e. The van der Waals surface area contributed by atoms with Gasteiger partial charge in [0, 0.05) is 35.8 Å². The summed E-state index contributed by atoms with van der Waals surface area (Å²) in [5.41, 5.74) is 9.82. The molecule has 5 rings (SSSR count). The van der Waals surface area contributed by atoms with Gasteiger partial charge in [0.05, 0.1) is 39.7 Å². The van der Waals surface area contributed by atoms with Gasteiger partial charge in [0.25, 0.3) is 0 Å². The summed E-state index contributed by atoms with van der Waals surface area (Å²) >= 11 is 12.8. The molecule has 2 aromatic carbocycles. The van der Waals surface area contributed by atoms with Crippen LogP contribution in [0.1, 0.15) is 36.0 Å². The van der Waals surface area contributed by atoms with Crippen molar-refractivity contribution in [1.29, 1.82) is 0 Å². The number of halogens is 2. The van der Waals surface area contributed by atoms with E-state index in [-0.39, 0.29) is 6.10 Å². The van der Waals surface area contributed by atoms with Crippen molar-refractivity contribution in [3.63, 3.8) is 0 Å². The summed E-state index contributed by atoms with van der Waals surface area (Å²) in [6, 6.07) is 12.7. The van der Waals surface area contributed by atoms with Crippen LogP contribution in [0, 0.1) is 11.8 Å². The van der Waals surface area contributed by atoms with Gasteiger partial charge >= 0.3 is 5.97 Å². The number of anilines is 2. The number of para-hydroxylation sites is 1. The Labute approximate surface area is 208 Å². The molecule has 0 aromatic heterocycles. The third kappa shape index (κ3) is 4.45. The molecule has 9 heteroatoms. The van der Waals surface area contributed by atoms with Crippen LogP contribution in [0.2, 0.25) is 10.0 Å². The Hall–Kier alpha value is -2.45. The van der Waals surface area contributed by atoms with Crippen molar-refractivity contribution < 1.29 is 14.6 Å². The van der Waals surface area contributed by atoms with Crippen LogP contribution >= 0.6 is 23.2 Å². The van der Waals surface area contributed by atoms with Crippen LogP contribution in [-0.2, 0) is 4.74 Å². The quantitative estimate of drug-likeness (QED) is 0.356. The largest absolute Gasteiger partial charge is 0.478 e. The molecule has 1 heterocycles. The molecule has 2 saturated carbocycles. The zero-order valence-corrected chi connectivity index (χ0v) is 20.2. The molecule has 180 valence electrons. The van der Waals surface area contributed by atoms with Crippen molar-refractivity contribution in [3.05, 3.63) is 69.5 Å². The van der Waals surface area contributed by atoms with Gasteiger partial charge in [-0.15, -0.1) is 0 Å². The average molecular weight is 503 g/mol. The smallest absolute Gasteiger partial charge is 0.335 e. The van der Waals surface area contributed by atoms with Crippen molar-refractivity contribution in [2.24, 2.45) is 23.4 Å². The average Bonchev–Trinajstić information content (AvgIpc) is 3.48. The molecule has 3 unspecified atom stereocenters. The Kier molecular flexibility index (Phi) is 6.37. The van der Waals surface area contributed by atoms with Gasteiger partial charge in [-0.1, -0.05) is 29.3 Å². The highest BCUT2D eigenvalue weighted by Crippen LogP contribution is 2.43. The van der Waals surface area contributed by atoms with Crippen molar-refractivity contribution in [2.75, 3.05) is 23.1 Å². The highest BCUT2D eigenvalue weighted by atomic mass is 35.5. The minimum atomic E-state index is -0.913. The first-order chi connectivity index (χ1) is 16.3. The number of hydrogen-bond donors (Lipinski definition) is 3. The van der Waals surface area contributed by atoms with Gasteiger partial charge in [0.1, 0.15) is 0 Å². The van der Waals surface area contributed by atoms with E-state index in [0.29, 0.717) is 51.5 Å². The van der Waals surface area contributed by atoms with Gasteiger partial charge in [0.2, 0.25) is 0 Å². The van der Waals surface area contributed by atoms with Crippen LogP contribution in [0.5, 0.6) is 0 Å². The lowest BCUT2D eigenvalue weighted by Crippen LogP contribution is -2.40. The maximum atomic E-state index is 11.1. The standard InChI is InChI=1S/C25H28Cl2N4O3/c26-19-2-1-3-20(27)24(19)31(29)21(23(28)14-4-5-14)13-34-22-11-18-10-16(22)12-30(18)17-8-6-15(7-9-17)25(32)33/h1-3,6-9,14,16,18,22H,4-5,10-13,28-29H2,(H,32,33)/b23-21-. The zero-order valence-electron chi connectivity index (χ0n) is 18.7. The first-order valence-electron chi connectivity index (χ1n) is 11.5. The monoisotopic (exact) mass is 502 g/mol. The number of fused-ring (bicyclic) bond motifs is 2. The normalized spacial score (nSPS) is 24.3. The molecular formula is C25H28Cl2N4O3. The molecule has 5 N–H and O–H groups in total. The molecule has 0 radical (unpaired) electrons. The third-order valence-corrected chi connectivity index (χ3v) is 7.79. The lowest BCUT2D eigenvalue weighted by molar-refractivity contribution is 0.0372. The third-order valence-electron chi connectivity index (χ3n) is 7.18. The fourth-order valence-electron chi connectivity index (χ4n) is 5.18. The fraction of sp³-hybridized carbons (Fsp3) is 0.400. The summed E-state index contributed by atoms with van der Waals surface area (Å²) in [6.45, 7) is 1.17. The molecule has 2 aromatic rings. The predicted octanol–water partition coefficient (Wildman–Crippen LogP) is 4.64. The number of aromatic carboxylic acids is 1. The van der Waals surface area contributed by atoms with Gasteiger partial charge in [-0.05, 0) is 62.1 Å². The van der Waals surface area contributed by atoms with Gasteiger partial charge in [-0.2, -0.15) is 0 Å². The minimum absolute atomic E-state index is 0.108. The molecule has 0 amide bonds. The van der Waals surface area contributed by atoms with Crippen LogP contribution in [0.3, 0.4) is 0 Å². The van der Waals surface area contributed by atoms with E-state index in [1.54, 1.807) is 30.3 Å². The number of carboxylic acids is 1. The number of hydrogen-bond acceptors (Lipinski definition) is 6. The first kappa shape index (κ1) is 23.3. The summed E-state index contributed by atoms with van der Waals surface area (Å²) in [5, 5.41) is 11.5. The fourth-order valence-corrected chi connectivity index (χ4v) is 5.76. The highest BCUT2D eigenvalue weighted by Gasteiger charge is 2.45. The van der Waals surface area contributed by atoms with Crippen LogP contribution < -0.4 is 21.5 Å². The highest BCUT2D eigenvalue weighted by molar-refractivity contribution is 6.39. The first-order valence-corrected chi connectivity index (χ1v) is 12.3. The van der Waals surface area contributed by atoms with Crippen molar-refractivity contribution >= 4 is 40.5 Å². The summed E-state index contributed by atoms with van der Waals surface area (Å²) < 4.78 is 6.41. The van der Waals surface area contributed by atoms with Gasteiger partial charge < -0.3 is 20.5 Å². The number of nitrogens with two attached hydrogens (primary N) is 2. The number of benzene rings is 2. The number of carboxylic acid groups (broad SMARTS) is 1. The molecule has 3 aliphatic rings. The maximum absolute atomic E-state index is 11.1. The predicted molar refractivity (Wildman–Crippen MR) is 134 cm³/mol. The Morgan fingerprint density at radius 1 is 1.12 bits per heavy atom. The Morgan fingerprint density at radius 3 is 2.35 bits per heavy atom. The van der Waals surface area contributed by atoms with E-state index in [9.17, 15) is 4.79 Å². The second kappa shape index (κ2) is 9.30. The molecular weight excluding hydrogens is 475 g/mol. The Morgan fingerprint density at radius 2 is 1.79 bits per heavy atom. The number of nitrogens with zero attached hydrogens (tertiary/aromatic N) is 2. The number of ether oxygens (including phenoxy) is 1. The van der Waals surface area contributed by atoms with E-state index >= 15 is 0 Å². The van der Waals surface area contributed by atoms with Gasteiger partial charge in [0.15, 0.2) is 0 Å². The van der Waals surface area contributed by atoms with Crippen molar-refractivity contribution in [3.8, 4) is 0 Å². The lowest BCUT2D eigenvalue weighted by Gasteiger charge is -2.34. The van der Waals surface area contributed by atoms with Crippen LogP contribution in [0.25, 0.3) is 0 Å². The van der Waals surface area contributed by atoms with E-state index in [1.807, 2.05) is 12.1 Å². The number of allylic oxidation sites excluding steroid dienone is 1. The molecule has 7 nitrogen and oxygen atoms in total. The van der Waals surface area contributed by atoms with Crippen LogP contribution in [0.15, 0.2) is 53.9 Å². The minimum Gasteiger partial charge on any atom is -0.478 e. The number of piperidine rings is 1. The molecule has 34 heavy (non-hydrogen) atoms. The van der Waals surface area contributed by atoms with E-state index < -0.39 is 5.97 Å². The van der Waals surface area contributed by atoms with Crippen LogP contribution in [-0.4, -0.2) is 36.4 Å². The SMILES string of the molecule is N/C(=C(/COC1CC2CC1CN2c1ccc(C(=O)O)cc1)N(N)c1c(Cl)cccc1Cl)C1CC1. The molecule has 1 saturated heterocycles. The van der Waals surface area contributed by atoms with E-state index in [2.05, 4.69) is 4.90 Å². The number of carbonyl (C=O) groups is 1. The molecule has 3 fully saturated rings. The molecule has 2 aliphatic carbocycles. The second-order valence-corrected chi connectivity index (χ2v) is 10.2. The van der Waals surface area contributed by atoms with E-state index in [1.165, 1.54) is 5.01 Å². The second-order valence-electron chi connectivity index (χ2n) is 9.36. The molecule has 3 atom stereocenters. The topological polar surface area (TPSA) is 105 Å². The van der Waals surface area contributed by atoms with Gasteiger partial charge in [-0.25, -0.2) is 10.6 Å². The van der Waals surface area contributed by atoms with Crippen molar-refractivity contribution in [1.82, 2.24) is 0 Å². The Bertz CT molecular complexity index is 1100. The van der Waals surface area contributed by atoms with E-state index in [4.69, 9.17) is 44.6 Å². The summed E-state index contributed by atoms with van der Waals surface area (Å²) in [5.74, 6) is 6.29. The molecule has 1 aliphatic heterocycles. The summed E-state index contributed by atoms with van der Waals surface area (Å²) in [6.07, 6.45) is 4.15. The molecule has 2 bridgehead atoms.